The minimum Gasteiger partial charge on any atom is -0.545 e. The van der Waals surface area contributed by atoms with Crippen molar-refractivity contribution in [2.45, 2.75) is 10.7 Å². The molecule has 2 aromatic rings. The van der Waals surface area contributed by atoms with Crippen LogP contribution in [0.15, 0.2) is 53.4 Å². The number of para-hydroxylation sites is 1. The summed E-state index contributed by atoms with van der Waals surface area (Å²) in [5.41, 5.74) is 1.04. The van der Waals surface area contributed by atoms with Gasteiger partial charge in [0.15, 0.2) is 0 Å². The maximum Gasteiger partial charge on any atom is 0.288 e. The molecule has 1 N–H and O–H groups in total. The second kappa shape index (κ2) is 6.38. The molecule has 0 radical (unpaired) electrons. The highest BCUT2D eigenvalue weighted by molar-refractivity contribution is 7.99. The molecule has 3 nitrogen and oxygen atoms in total. The molecular formula is C14H10F2NO2S-. The lowest BCUT2D eigenvalue weighted by Gasteiger charge is -2.12. The third kappa shape index (κ3) is 3.71. The van der Waals surface area contributed by atoms with Gasteiger partial charge in [-0.05, 0) is 30.3 Å². The zero-order valence-electron chi connectivity index (χ0n) is 10.2. The lowest BCUT2D eigenvalue weighted by molar-refractivity contribution is -0.254. The monoisotopic (exact) mass is 294 g/mol. The predicted octanol–water partition coefficient (Wildman–Crippen LogP) is 3.11. The average Bonchev–Trinajstić information content (AvgIpc) is 2.41. The van der Waals surface area contributed by atoms with Crippen molar-refractivity contribution in [3.8, 4) is 0 Å². The summed E-state index contributed by atoms with van der Waals surface area (Å²) in [7, 11) is 0. The van der Waals surface area contributed by atoms with E-state index >= 15 is 0 Å². The van der Waals surface area contributed by atoms with Gasteiger partial charge in [-0.3, -0.25) is 0 Å². The van der Waals surface area contributed by atoms with Crippen molar-refractivity contribution in [3.63, 3.8) is 0 Å². The number of benzene rings is 2. The Bertz CT molecular complexity index is 602. The smallest absolute Gasteiger partial charge is 0.288 e. The van der Waals surface area contributed by atoms with Crippen LogP contribution in [-0.4, -0.2) is 11.7 Å². The van der Waals surface area contributed by atoms with E-state index in [1.807, 2.05) is 0 Å². The van der Waals surface area contributed by atoms with Crippen LogP contribution in [0, 0.1) is 0 Å². The van der Waals surface area contributed by atoms with Crippen LogP contribution < -0.4 is 10.4 Å². The summed E-state index contributed by atoms with van der Waals surface area (Å²) < 4.78 is 24.4. The van der Waals surface area contributed by atoms with E-state index in [2.05, 4.69) is 5.32 Å². The van der Waals surface area contributed by atoms with E-state index in [-0.39, 0.29) is 5.56 Å². The second-order valence-corrected chi connectivity index (χ2v) is 4.92. The maximum atomic E-state index is 12.2. The van der Waals surface area contributed by atoms with E-state index in [1.165, 1.54) is 6.07 Å². The highest BCUT2D eigenvalue weighted by Gasteiger charge is 2.06. The number of rotatable bonds is 5. The molecule has 0 spiro atoms. The summed E-state index contributed by atoms with van der Waals surface area (Å²) in [6, 6.07) is 12.6. The first-order valence-corrected chi connectivity index (χ1v) is 6.56. The summed E-state index contributed by atoms with van der Waals surface area (Å²) >= 11 is 0.456. The van der Waals surface area contributed by atoms with Crippen LogP contribution in [0.2, 0.25) is 0 Å². The summed E-state index contributed by atoms with van der Waals surface area (Å²) in [4.78, 5) is 11.4. The van der Waals surface area contributed by atoms with Gasteiger partial charge in [-0.2, -0.15) is 8.78 Å². The fraction of sp³-hybridized carbons (Fsp3) is 0.0714. The van der Waals surface area contributed by atoms with Crippen LogP contribution in [-0.2, 0) is 0 Å². The lowest BCUT2D eigenvalue weighted by atomic mass is 10.1. The highest BCUT2D eigenvalue weighted by Crippen LogP contribution is 2.27. The van der Waals surface area contributed by atoms with Crippen molar-refractivity contribution >= 4 is 29.1 Å². The maximum absolute atomic E-state index is 12.2. The van der Waals surface area contributed by atoms with Gasteiger partial charge in [0.05, 0.1) is 5.97 Å². The molecule has 0 heterocycles. The van der Waals surface area contributed by atoms with Crippen LogP contribution in [0.4, 0.5) is 20.2 Å². The first-order valence-electron chi connectivity index (χ1n) is 5.68. The van der Waals surface area contributed by atoms with E-state index in [4.69, 9.17) is 0 Å². The summed E-state index contributed by atoms with van der Waals surface area (Å²) in [5, 5.41) is 13.9. The van der Waals surface area contributed by atoms with Gasteiger partial charge in [-0.15, -0.1) is 0 Å². The molecule has 0 aliphatic rings. The number of hydrogen-bond donors (Lipinski definition) is 1. The lowest BCUT2D eigenvalue weighted by Crippen LogP contribution is -2.23. The number of anilines is 2. The van der Waals surface area contributed by atoms with Gasteiger partial charge >= 0.3 is 0 Å². The van der Waals surface area contributed by atoms with Gasteiger partial charge in [-0.1, -0.05) is 30.0 Å². The number of carboxylic acids is 1. The Balaban J connectivity index is 2.16. The molecule has 0 atom stereocenters. The Morgan fingerprint density at radius 2 is 1.75 bits per heavy atom. The number of carboxylic acid groups (broad SMARTS) is 1. The van der Waals surface area contributed by atoms with Crippen LogP contribution in [0.5, 0.6) is 0 Å². The molecule has 0 unspecified atom stereocenters. The van der Waals surface area contributed by atoms with E-state index in [1.54, 1.807) is 42.5 Å². The molecule has 0 amide bonds. The first kappa shape index (κ1) is 14.3. The Hall–Kier alpha value is -2.08. The van der Waals surface area contributed by atoms with Gasteiger partial charge in [0.25, 0.3) is 5.76 Å². The Morgan fingerprint density at radius 1 is 1.10 bits per heavy atom. The largest absolute Gasteiger partial charge is 0.545 e. The number of nitrogens with one attached hydrogen (secondary N) is 1. The fourth-order valence-corrected chi connectivity index (χ4v) is 2.14. The van der Waals surface area contributed by atoms with Gasteiger partial charge < -0.3 is 15.2 Å². The standard InChI is InChI=1S/C14H11F2NO2S/c15-14(16)20-10-7-5-9(6-8-10)17-12-4-2-1-3-11(12)13(18)19/h1-8,14,17H,(H,18,19)/p-1. The molecule has 2 rings (SSSR count). The number of thioether (sulfide) groups is 1. The number of aromatic carboxylic acids is 1. The normalized spacial score (nSPS) is 10.6. The SMILES string of the molecule is O=C([O-])c1ccccc1Nc1ccc(SC(F)F)cc1. The predicted molar refractivity (Wildman–Crippen MR) is 72.4 cm³/mol. The molecule has 0 saturated carbocycles. The number of halogens is 2. The third-order valence-electron chi connectivity index (χ3n) is 2.51. The summed E-state index contributed by atoms with van der Waals surface area (Å²) in [6.45, 7) is 0. The molecule has 6 heteroatoms. The molecule has 0 saturated heterocycles. The topological polar surface area (TPSA) is 52.2 Å². The van der Waals surface area contributed by atoms with Crippen molar-refractivity contribution in [3.05, 3.63) is 54.1 Å². The minimum atomic E-state index is -2.47. The van der Waals surface area contributed by atoms with Crippen molar-refractivity contribution in [1.82, 2.24) is 0 Å². The summed E-state index contributed by atoms with van der Waals surface area (Å²) in [6.07, 6.45) is 0. The number of carbonyl (C=O) groups excluding carboxylic acids is 1. The average molecular weight is 294 g/mol. The molecular weight excluding hydrogens is 284 g/mol. The molecule has 0 aromatic heterocycles. The van der Waals surface area contributed by atoms with Crippen molar-refractivity contribution < 1.29 is 18.7 Å². The number of carbonyl (C=O) groups is 1. The molecule has 0 bridgehead atoms. The third-order valence-corrected chi connectivity index (χ3v) is 3.23. The van der Waals surface area contributed by atoms with Gasteiger partial charge in [0, 0.05) is 21.8 Å². The van der Waals surface area contributed by atoms with Gasteiger partial charge in [0.1, 0.15) is 0 Å². The molecule has 104 valence electrons. The van der Waals surface area contributed by atoms with Crippen LogP contribution in [0.3, 0.4) is 0 Å². The summed E-state index contributed by atoms with van der Waals surface area (Å²) in [5.74, 6) is -3.74. The number of hydrogen-bond acceptors (Lipinski definition) is 4. The first-order chi connectivity index (χ1) is 9.56. The molecule has 0 aliphatic carbocycles. The molecule has 2 aromatic carbocycles. The Kier molecular flexibility index (Phi) is 4.57. The molecule has 0 fully saturated rings. The van der Waals surface area contributed by atoms with E-state index in [9.17, 15) is 18.7 Å². The number of alkyl halides is 2. The van der Waals surface area contributed by atoms with Crippen molar-refractivity contribution in [1.29, 1.82) is 0 Å². The van der Waals surface area contributed by atoms with E-state index in [0.29, 0.717) is 28.0 Å². The second-order valence-electron chi connectivity index (χ2n) is 3.86. The van der Waals surface area contributed by atoms with Crippen LogP contribution >= 0.6 is 11.8 Å². The zero-order chi connectivity index (χ0) is 14.5. The Labute approximate surface area is 118 Å². The molecule has 0 aliphatic heterocycles. The van der Waals surface area contributed by atoms with Crippen LogP contribution in [0.25, 0.3) is 0 Å². The molecule has 20 heavy (non-hydrogen) atoms. The minimum absolute atomic E-state index is 0.0403. The highest BCUT2D eigenvalue weighted by atomic mass is 32.2. The van der Waals surface area contributed by atoms with E-state index < -0.39 is 11.7 Å². The Morgan fingerprint density at radius 3 is 2.35 bits per heavy atom. The van der Waals surface area contributed by atoms with E-state index in [0.717, 1.165) is 0 Å². The van der Waals surface area contributed by atoms with Gasteiger partial charge in [-0.25, -0.2) is 0 Å². The van der Waals surface area contributed by atoms with Crippen LogP contribution in [0.1, 0.15) is 10.4 Å². The fourth-order valence-electron chi connectivity index (χ4n) is 1.65. The van der Waals surface area contributed by atoms with Crippen molar-refractivity contribution in [2.24, 2.45) is 0 Å². The van der Waals surface area contributed by atoms with Gasteiger partial charge in [0.2, 0.25) is 0 Å². The van der Waals surface area contributed by atoms with Crippen molar-refractivity contribution in [2.75, 3.05) is 5.32 Å². The zero-order valence-corrected chi connectivity index (χ0v) is 11.0. The quantitative estimate of drug-likeness (QED) is 0.861.